The van der Waals surface area contributed by atoms with Gasteiger partial charge in [0.05, 0.1) is 18.6 Å². The summed E-state index contributed by atoms with van der Waals surface area (Å²) in [6.07, 6.45) is 0.125. The van der Waals surface area contributed by atoms with Crippen molar-refractivity contribution >= 4 is 35.5 Å². The average molecular weight is 628 g/mol. The molecule has 5 amide bonds. The van der Waals surface area contributed by atoms with Crippen molar-refractivity contribution in [3.8, 4) is 0 Å². The molecule has 0 radical (unpaired) electrons. The molecule has 0 saturated heterocycles. The molecule has 0 aliphatic rings. The van der Waals surface area contributed by atoms with E-state index in [0.29, 0.717) is 32.2 Å². The smallest absolute Gasteiger partial charge is 0.303 e. The highest BCUT2D eigenvalue weighted by molar-refractivity contribution is 5.92. The van der Waals surface area contributed by atoms with Gasteiger partial charge in [0.25, 0.3) is 0 Å². The van der Waals surface area contributed by atoms with E-state index < -0.39 is 59.9 Å². The third-order valence-electron chi connectivity index (χ3n) is 7.35. The molecule has 0 spiro atoms. The lowest BCUT2D eigenvalue weighted by Crippen LogP contribution is -2.58. The quantitative estimate of drug-likeness (QED) is 0.0937. The Hall–Kier alpha value is -3.22. The Morgan fingerprint density at radius 3 is 1.84 bits per heavy atom. The van der Waals surface area contributed by atoms with E-state index in [1.54, 1.807) is 27.7 Å². The number of amides is 5. The maximum atomic E-state index is 13.4. The van der Waals surface area contributed by atoms with Crippen LogP contribution >= 0.6 is 0 Å². The maximum Gasteiger partial charge on any atom is 0.303 e. The van der Waals surface area contributed by atoms with Crippen LogP contribution in [0.15, 0.2) is 0 Å². The topological polar surface area (TPSA) is 203 Å². The highest BCUT2D eigenvalue weighted by atomic mass is 16.4. The SMILES string of the molecule is CCC[C@H](NC(=O)[C@@H](NC(=O)CCCC(=O)O)[C@@H](C)CC)C(=O)N[C@@H](CC(C)C)[C@@H](O)CC(=O)N[C@H](C(=O)NCC)C(C)C. The number of carboxylic acids is 1. The number of aliphatic carboxylic acids is 1. The van der Waals surface area contributed by atoms with Crippen molar-refractivity contribution in [2.24, 2.45) is 17.8 Å². The average Bonchev–Trinajstić information content (AvgIpc) is 2.92. The number of hydrogen-bond donors (Lipinski definition) is 7. The molecule has 0 heterocycles. The minimum atomic E-state index is -1.25. The van der Waals surface area contributed by atoms with E-state index >= 15 is 0 Å². The fraction of sp³-hybridized carbons (Fsp3) is 0.806. The van der Waals surface area contributed by atoms with Gasteiger partial charge in [-0.25, -0.2) is 0 Å². The van der Waals surface area contributed by atoms with E-state index in [-0.39, 0.29) is 49.3 Å². The first kappa shape index (κ1) is 40.8. The molecule has 7 N–H and O–H groups in total. The van der Waals surface area contributed by atoms with Gasteiger partial charge in [0.2, 0.25) is 29.5 Å². The summed E-state index contributed by atoms with van der Waals surface area (Å²) in [5.41, 5.74) is 0. The highest BCUT2D eigenvalue weighted by Crippen LogP contribution is 2.14. The summed E-state index contributed by atoms with van der Waals surface area (Å²) in [5, 5.41) is 33.5. The van der Waals surface area contributed by atoms with Crippen LogP contribution in [0.2, 0.25) is 0 Å². The highest BCUT2D eigenvalue weighted by Gasteiger charge is 2.33. The summed E-state index contributed by atoms with van der Waals surface area (Å²) in [4.78, 5) is 75.1. The fourth-order valence-corrected chi connectivity index (χ4v) is 4.65. The van der Waals surface area contributed by atoms with E-state index in [1.807, 2.05) is 27.7 Å². The van der Waals surface area contributed by atoms with E-state index in [4.69, 9.17) is 5.11 Å². The molecule has 0 fully saturated rings. The summed E-state index contributed by atoms with van der Waals surface area (Å²) in [7, 11) is 0. The van der Waals surface area contributed by atoms with Crippen LogP contribution < -0.4 is 26.6 Å². The van der Waals surface area contributed by atoms with Gasteiger partial charge in [-0.1, -0.05) is 61.3 Å². The van der Waals surface area contributed by atoms with Crippen molar-refractivity contribution in [3.63, 3.8) is 0 Å². The molecular formula is C31H57N5O8. The molecule has 0 bridgehead atoms. The van der Waals surface area contributed by atoms with E-state index in [9.17, 15) is 33.9 Å². The molecule has 0 aromatic rings. The molecule has 0 rings (SSSR count). The van der Waals surface area contributed by atoms with Crippen molar-refractivity contribution < 1.29 is 39.0 Å². The zero-order valence-corrected chi connectivity index (χ0v) is 27.8. The standard InChI is InChI=1S/C31H57N5O8/c1-9-13-21(33-31(44)28(20(8)10-2)35-24(38)14-12-15-26(40)41)29(42)34-22(16-18(4)5)23(37)17-25(39)36-27(19(6)7)30(43)32-11-3/h18-23,27-28,37H,9-17H2,1-8H3,(H,32,43)(H,33,44)(H,34,42)(H,35,38)(H,36,39)(H,40,41)/t20-,21-,22-,23-,27-,28-/m0/s1. The normalized spacial score (nSPS) is 15.3. The molecule has 0 saturated carbocycles. The van der Waals surface area contributed by atoms with Crippen LogP contribution in [0, 0.1) is 17.8 Å². The van der Waals surface area contributed by atoms with Gasteiger partial charge < -0.3 is 36.8 Å². The van der Waals surface area contributed by atoms with E-state index in [0.717, 1.165) is 0 Å². The van der Waals surface area contributed by atoms with Crippen LogP contribution in [0.1, 0.15) is 107 Å². The first-order valence-electron chi connectivity index (χ1n) is 15.9. The van der Waals surface area contributed by atoms with E-state index in [1.165, 1.54) is 0 Å². The molecule has 254 valence electrons. The van der Waals surface area contributed by atoms with Crippen LogP contribution in [0.3, 0.4) is 0 Å². The summed E-state index contributed by atoms with van der Waals surface area (Å²) < 4.78 is 0. The van der Waals surface area contributed by atoms with Gasteiger partial charge in [0.1, 0.15) is 18.1 Å². The van der Waals surface area contributed by atoms with Crippen LogP contribution in [-0.4, -0.2) is 82.5 Å². The van der Waals surface area contributed by atoms with Gasteiger partial charge in [0, 0.05) is 19.4 Å². The lowest BCUT2D eigenvalue weighted by Gasteiger charge is -2.30. The number of carbonyl (C=O) groups excluding carboxylic acids is 5. The number of aliphatic hydroxyl groups is 1. The summed E-state index contributed by atoms with van der Waals surface area (Å²) in [6.45, 7) is 15.1. The zero-order chi connectivity index (χ0) is 34.0. The summed E-state index contributed by atoms with van der Waals surface area (Å²) >= 11 is 0. The van der Waals surface area contributed by atoms with Gasteiger partial charge in [-0.2, -0.15) is 0 Å². The fourth-order valence-electron chi connectivity index (χ4n) is 4.65. The predicted molar refractivity (Wildman–Crippen MR) is 167 cm³/mol. The van der Waals surface area contributed by atoms with Gasteiger partial charge in [-0.15, -0.1) is 0 Å². The lowest BCUT2D eigenvalue weighted by atomic mass is 9.95. The molecule has 0 aliphatic carbocycles. The molecule has 13 nitrogen and oxygen atoms in total. The molecule has 6 atom stereocenters. The van der Waals surface area contributed by atoms with Crippen LogP contribution in [0.5, 0.6) is 0 Å². The summed E-state index contributed by atoms with van der Waals surface area (Å²) in [5.74, 6) is -3.75. The molecule has 0 aromatic heterocycles. The number of rotatable bonds is 22. The number of carboxylic acid groups (broad SMARTS) is 1. The maximum absolute atomic E-state index is 13.4. The molecule has 0 unspecified atom stereocenters. The second-order valence-electron chi connectivity index (χ2n) is 12.2. The number of carbonyl (C=O) groups is 6. The molecular weight excluding hydrogens is 570 g/mol. The molecule has 13 heteroatoms. The number of likely N-dealkylation sites (N-methyl/N-ethyl adjacent to an activating group) is 1. The van der Waals surface area contributed by atoms with Crippen LogP contribution in [-0.2, 0) is 28.8 Å². The molecule has 0 aliphatic heterocycles. The minimum absolute atomic E-state index is 0.0467. The van der Waals surface area contributed by atoms with Crippen LogP contribution in [0.4, 0.5) is 0 Å². The van der Waals surface area contributed by atoms with Gasteiger partial charge >= 0.3 is 5.97 Å². The Labute approximate surface area is 262 Å². The van der Waals surface area contributed by atoms with Crippen molar-refractivity contribution in [3.05, 3.63) is 0 Å². The Bertz CT molecular complexity index is 942. The van der Waals surface area contributed by atoms with Gasteiger partial charge in [-0.3, -0.25) is 28.8 Å². The Balaban J connectivity index is 5.65. The number of nitrogens with one attached hydrogen (secondary N) is 5. The van der Waals surface area contributed by atoms with E-state index in [2.05, 4.69) is 26.6 Å². The largest absolute Gasteiger partial charge is 0.481 e. The first-order valence-corrected chi connectivity index (χ1v) is 15.9. The van der Waals surface area contributed by atoms with Crippen molar-refractivity contribution in [1.29, 1.82) is 0 Å². The Morgan fingerprint density at radius 2 is 1.34 bits per heavy atom. The lowest BCUT2D eigenvalue weighted by molar-refractivity contribution is -0.137. The van der Waals surface area contributed by atoms with Crippen molar-refractivity contribution in [1.82, 2.24) is 26.6 Å². The van der Waals surface area contributed by atoms with Crippen molar-refractivity contribution in [2.45, 2.75) is 137 Å². The molecule has 44 heavy (non-hydrogen) atoms. The van der Waals surface area contributed by atoms with Gasteiger partial charge in [0.15, 0.2) is 0 Å². The predicted octanol–water partition coefficient (Wildman–Crippen LogP) is 1.62. The number of hydrogen-bond acceptors (Lipinski definition) is 7. The molecule has 0 aromatic carbocycles. The van der Waals surface area contributed by atoms with Gasteiger partial charge in [-0.05, 0) is 43.9 Å². The Kier molecular flexibility index (Phi) is 19.9. The second kappa shape index (κ2) is 21.5. The zero-order valence-electron chi connectivity index (χ0n) is 27.8. The summed E-state index contributed by atoms with van der Waals surface area (Å²) in [6, 6.07) is -3.45. The van der Waals surface area contributed by atoms with Crippen molar-refractivity contribution in [2.75, 3.05) is 6.54 Å². The third-order valence-corrected chi connectivity index (χ3v) is 7.35. The minimum Gasteiger partial charge on any atom is -0.481 e. The monoisotopic (exact) mass is 627 g/mol. The van der Waals surface area contributed by atoms with Crippen LogP contribution in [0.25, 0.3) is 0 Å². The first-order chi connectivity index (χ1) is 20.6. The second-order valence-corrected chi connectivity index (χ2v) is 12.2. The Morgan fingerprint density at radius 1 is 0.727 bits per heavy atom. The number of aliphatic hydroxyl groups excluding tert-OH is 1. The third kappa shape index (κ3) is 16.0.